The first-order chi connectivity index (χ1) is 5.72. The molecule has 1 heterocycles. The molecule has 1 saturated heterocycles. The third-order valence-corrected chi connectivity index (χ3v) is 2.85. The zero-order chi connectivity index (χ0) is 8.72. The van der Waals surface area contributed by atoms with Gasteiger partial charge in [-0.05, 0) is 18.9 Å². The van der Waals surface area contributed by atoms with Crippen LogP contribution in [0.5, 0.6) is 0 Å². The van der Waals surface area contributed by atoms with Gasteiger partial charge in [-0.1, -0.05) is 0 Å². The molecule has 4 nitrogen and oxygen atoms in total. The molecule has 2 unspecified atom stereocenters. The number of nitrogens with zero attached hydrogens (tertiary/aromatic N) is 1. The lowest BCUT2D eigenvalue weighted by molar-refractivity contribution is 0.168. The van der Waals surface area contributed by atoms with Crippen molar-refractivity contribution >= 4 is 6.09 Å². The first-order valence-electron chi connectivity index (χ1n) is 4.25. The quantitative estimate of drug-likeness (QED) is 0.597. The van der Waals surface area contributed by atoms with Gasteiger partial charge in [0.25, 0.3) is 0 Å². The fraction of sp³-hybridized carbons (Fsp3) is 0.875. The third-order valence-electron chi connectivity index (χ3n) is 2.85. The normalized spacial score (nSPS) is 39.0. The van der Waals surface area contributed by atoms with Gasteiger partial charge in [0, 0.05) is 19.1 Å². The van der Waals surface area contributed by atoms with Gasteiger partial charge in [0.1, 0.15) is 0 Å². The van der Waals surface area contributed by atoms with Crippen molar-refractivity contribution in [3.63, 3.8) is 0 Å². The van der Waals surface area contributed by atoms with E-state index in [1.165, 1.54) is 7.11 Å². The summed E-state index contributed by atoms with van der Waals surface area (Å²) in [4.78, 5) is 13.1. The average molecular weight is 170 g/mol. The van der Waals surface area contributed by atoms with Crippen LogP contribution in [0.2, 0.25) is 0 Å². The molecule has 0 bridgehead atoms. The summed E-state index contributed by atoms with van der Waals surface area (Å²) in [6.45, 7) is 2.22. The molecule has 2 aliphatic rings. The van der Waals surface area contributed by atoms with Gasteiger partial charge in [-0.3, -0.25) is 0 Å². The topological polar surface area (TPSA) is 41.6 Å². The largest absolute Gasteiger partial charge is 0.453 e. The van der Waals surface area contributed by atoms with Crippen LogP contribution < -0.4 is 5.32 Å². The van der Waals surface area contributed by atoms with Crippen LogP contribution in [0.15, 0.2) is 0 Å². The van der Waals surface area contributed by atoms with Crippen molar-refractivity contribution in [2.24, 2.45) is 11.8 Å². The highest BCUT2D eigenvalue weighted by Gasteiger charge is 2.55. The Morgan fingerprint density at radius 2 is 2.08 bits per heavy atom. The van der Waals surface area contributed by atoms with E-state index in [1.807, 2.05) is 0 Å². The molecule has 1 aliphatic heterocycles. The number of ether oxygens (including phenoxy) is 1. The van der Waals surface area contributed by atoms with Crippen LogP contribution in [0.3, 0.4) is 0 Å². The molecule has 0 aromatic heterocycles. The van der Waals surface area contributed by atoms with E-state index in [-0.39, 0.29) is 6.09 Å². The summed E-state index contributed by atoms with van der Waals surface area (Å²) in [5.41, 5.74) is 0. The second kappa shape index (κ2) is 2.62. The molecule has 2 fully saturated rings. The van der Waals surface area contributed by atoms with E-state index in [0.29, 0.717) is 17.9 Å². The first kappa shape index (κ1) is 7.86. The van der Waals surface area contributed by atoms with Gasteiger partial charge < -0.3 is 15.0 Å². The highest BCUT2D eigenvalue weighted by molar-refractivity contribution is 5.68. The lowest BCUT2D eigenvalue weighted by Gasteiger charge is -2.12. The molecule has 1 aliphatic carbocycles. The maximum absolute atomic E-state index is 10.8. The Hall–Kier alpha value is -0.770. The van der Waals surface area contributed by atoms with E-state index in [4.69, 9.17) is 0 Å². The smallest absolute Gasteiger partial charge is 0.407 e. The second-order valence-electron chi connectivity index (χ2n) is 3.71. The molecule has 2 rings (SSSR count). The predicted octanol–water partition coefficient (Wildman–Crippen LogP) is -0.0976. The Balaban J connectivity index is 1.79. The molecule has 12 heavy (non-hydrogen) atoms. The fourth-order valence-corrected chi connectivity index (χ4v) is 2.15. The summed E-state index contributed by atoms with van der Waals surface area (Å²) in [7, 11) is 3.51. The minimum atomic E-state index is -0.294. The lowest BCUT2D eigenvalue weighted by atomic mass is 10.4. The van der Waals surface area contributed by atoms with Crippen LogP contribution >= 0.6 is 0 Å². The van der Waals surface area contributed by atoms with E-state index in [1.54, 1.807) is 0 Å². The summed E-state index contributed by atoms with van der Waals surface area (Å²) in [6.07, 6.45) is -0.294. The number of amides is 1. The number of nitrogens with one attached hydrogen (secondary N) is 1. The number of carbonyl (C=O) groups is 1. The Bertz CT molecular complexity index is 195. The summed E-state index contributed by atoms with van der Waals surface area (Å²) < 4.78 is 4.53. The van der Waals surface area contributed by atoms with Gasteiger partial charge in [0.15, 0.2) is 0 Å². The number of hydrogen-bond acceptors (Lipinski definition) is 3. The third kappa shape index (κ3) is 1.16. The summed E-state index contributed by atoms with van der Waals surface area (Å²) in [6, 6.07) is 0.383. The lowest BCUT2D eigenvalue weighted by Crippen LogP contribution is -2.33. The van der Waals surface area contributed by atoms with Crippen LogP contribution in [0.25, 0.3) is 0 Å². The summed E-state index contributed by atoms with van der Waals surface area (Å²) in [5.74, 6) is 1.35. The van der Waals surface area contributed by atoms with Crippen molar-refractivity contribution in [1.29, 1.82) is 0 Å². The summed E-state index contributed by atoms with van der Waals surface area (Å²) >= 11 is 0. The Labute approximate surface area is 71.9 Å². The van der Waals surface area contributed by atoms with E-state index in [2.05, 4.69) is 22.0 Å². The summed E-state index contributed by atoms with van der Waals surface area (Å²) in [5, 5.41) is 2.84. The van der Waals surface area contributed by atoms with Crippen LogP contribution in [0, 0.1) is 11.8 Å². The maximum atomic E-state index is 10.8. The number of fused-ring (bicyclic) bond motifs is 1. The van der Waals surface area contributed by atoms with E-state index in [0.717, 1.165) is 13.1 Å². The monoisotopic (exact) mass is 170 g/mol. The number of piperidine rings is 1. The molecule has 1 amide bonds. The van der Waals surface area contributed by atoms with Crippen LogP contribution in [0.4, 0.5) is 4.79 Å². The van der Waals surface area contributed by atoms with Crippen molar-refractivity contribution in [2.45, 2.75) is 6.04 Å². The van der Waals surface area contributed by atoms with E-state index >= 15 is 0 Å². The molecule has 1 N–H and O–H groups in total. The molecule has 68 valence electrons. The number of alkyl carbamates (subject to hydrolysis) is 1. The van der Waals surface area contributed by atoms with Crippen LogP contribution in [0.1, 0.15) is 0 Å². The predicted molar refractivity (Wildman–Crippen MR) is 43.8 cm³/mol. The van der Waals surface area contributed by atoms with Gasteiger partial charge in [0.2, 0.25) is 0 Å². The molecule has 0 spiro atoms. The molecular weight excluding hydrogens is 156 g/mol. The number of methoxy groups -OCH3 is 1. The number of rotatable bonds is 1. The number of likely N-dealkylation sites (tertiary alicyclic amines) is 1. The minimum Gasteiger partial charge on any atom is -0.453 e. The van der Waals surface area contributed by atoms with Gasteiger partial charge in [-0.2, -0.15) is 0 Å². The molecule has 0 radical (unpaired) electrons. The van der Waals surface area contributed by atoms with Crippen molar-refractivity contribution in [3.05, 3.63) is 0 Å². The second-order valence-corrected chi connectivity index (χ2v) is 3.71. The molecule has 4 heteroatoms. The first-order valence-corrected chi connectivity index (χ1v) is 4.25. The van der Waals surface area contributed by atoms with E-state index in [9.17, 15) is 4.79 Å². The minimum absolute atomic E-state index is 0.294. The Morgan fingerprint density at radius 1 is 1.50 bits per heavy atom. The van der Waals surface area contributed by atoms with Crippen molar-refractivity contribution in [2.75, 3.05) is 27.2 Å². The highest BCUT2D eigenvalue weighted by atomic mass is 16.5. The zero-order valence-corrected chi connectivity index (χ0v) is 7.41. The Kier molecular flexibility index (Phi) is 1.72. The van der Waals surface area contributed by atoms with Gasteiger partial charge >= 0.3 is 6.09 Å². The van der Waals surface area contributed by atoms with Crippen molar-refractivity contribution in [1.82, 2.24) is 10.2 Å². The average Bonchev–Trinajstić information content (AvgIpc) is 2.51. The van der Waals surface area contributed by atoms with Gasteiger partial charge in [-0.25, -0.2) is 4.79 Å². The van der Waals surface area contributed by atoms with Crippen LogP contribution in [-0.4, -0.2) is 44.3 Å². The standard InChI is InChI=1S/C8H14N2O2/c1-10-3-5-6(4-10)7(5)9-8(11)12-2/h5-7H,3-4H2,1-2H3,(H,9,11). The molecule has 1 saturated carbocycles. The van der Waals surface area contributed by atoms with Crippen LogP contribution in [-0.2, 0) is 4.74 Å². The molecule has 0 aromatic carbocycles. The van der Waals surface area contributed by atoms with Crippen molar-refractivity contribution in [3.8, 4) is 0 Å². The van der Waals surface area contributed by atoms with Crippen molar-refractivity contribution < 1.29 is 9.53 Å². The number of hydrogen-bond donors (Lipinski definition) is 1. The molecule has 2 atom stereocenters. The zero-order valence-electron chi connectivity index (χ0n) is 7.41. The highest BCUT2D eigenvalue weighted by Crippen LogP contribution is 2.44. The maximum Gasteiger partial charge on any atom is 0.407 e. The van der Waals surface area contributed by atoms with Gasteiger partial charge in [0.05, 0.1) is 7.11 Å². The molecule has 0 aromatic rings. The Morgan fingerprint density at radius 3 is 2.58 bits per heavy atom. The number of carbonyl (C=O) groups excluding carboxylic acids is 1. The van der Waals surface area contributed by atoms with Gasteiger partial charge in [-0.15, -0.1) is 0 Å². The SMILES string of the molecule is COC(=O)NC1C2CN(C)CC21. The molecular formula is C8H14N2O2. The fourth-order valence-electron chi connectivity index (χ4n) is 2.15. The van der Waals surface area contributed by atoms with E-state index < -0.39 is 0 Å².